The summed E-state index contributed by atoms with van der Waals surface area (Å²) in [6.45, 7) is 13.9. The van der Waals surface area contributed by atoms with E-state index in [2.05, 4.69) is 30.6 Å². The van der Waals surface area contributed by atoms with E-state index in [-0.39, 0.29) is 5.91 Å². The molecule has 0 spiro atoms. The molecule has 4 heteroatoms. The number of hydrogen-bond donors (Lipinski definition) is 1. The highest BCUT2D eigenvalue weighted by atomic mass is 16.5. The van der Waals surface area contributed by atoms with Crippen LogP contribution >= 0.6 is 0 Å². The van der Waals surface area contributed by atoms with Gasteiger partial charge in [0, 0.05) is 17.8 Å². The number of nitrogens with zero attached hydrogens (tertiary/aromatic N) is 1. The Labute approximate surface area is 158 Å². The molecule has 0 saturated carbocycles. The second-order valence-electron chi connectivity index (χ2n) is 5.97. The summed E-state index contributed by atoms with van der Waals surface area (Å²) >= 11 is 0. The Balaban J connectivity index is 2.48. The van der Waals surface area contributed by atoms with Crippen LogP contribution in [-0.2, 0) is 0 Å². The van der Waals surface area contributed by atoms with Gasteiger partial charge in [-0.25, -0.2) is 0 Å². The van der Waals surface area contributed by atoms with Gasteiger partial charge in [-0.3, -0.25) is 4.79 Å². The topological polar surface area (TPSA) is 41.6 Å². The smallest absolute Gasteiger partial charge is 0.255 e. The zero-order valence-electron chi connectivity index (χ0n) is 16.3. The van der Waals surface area contributed by atoms with Gasteiger partial charge in [-0.05, 0) is 69.3 Å². The van der Waals surface area contributed by atoms with Gasteiger partial charge in [-0.2, -0.15) is 0 Å². The third kappa shape index (κ3) is 8.17. The van der Waals surface area contributed by atoms with Gasteiger partial charge in [0.15, 0.2) is 0 Å². The molecule has 0 aliphatic carbocycles. The molecule has 0 aliphatic heterocycles. The number of carbonyl (C=O) groups excluding carboxylic acids is 1. The normalized spacial score (nSPS) is 11.8. The molecule has 0 atom stereocenters. The standard InChI is InChI=1S/C22H32N2O2/c1-5-10-20(11-6-2)23-22(25)19-12-14-21(15-13-19)26-18-9-17-24(8-4)16-7-3/h5-6,10-15H,1,7-9,16-18H2,2-4H3,(H,23,25)/b11-6-,20-10+. The molecule has 0 heterocycles. The lowest BCUT2D eigenvalue weighted by molar-refractivity contribution is 0.0967. The van der Waals surface area contributed by atoms with Gasteiger partial charge in [-0.1, -0.05) is 32.6 Å². The second kappa shape index (κ2) is 13.0. The Kier molecular flexibility index (Phi) is 10.8. The summed E-state index contributed by atoms with van der Waals surface area (Å²) in [5.74, 6) is 0.635. The molecule has 0 unspecified atom stereocenters. The molecule has 142 valence electrons. The summed E-state index contributed by atoms with van der Waals surface area (Å²) in [5.41, 5.74) is 1.30. The minimum Gasteiger partial charge on any atom is -0.494 e. The molecule has 0 aliphatic rings. The largest absolute Gasteiger partial charge is 0.494 e. The van der Waals surface area contributed by atoms with Crippen molar-refractivity contribution in [3.8, 4) is 5.75 Å². The van der Waals surface area contributed by atoms with Crippen molar-refractivity contribution in [2.45, 2.75) is 33.6 Å². The first-order valence-electron chi connectivity index (χ1n) is 9.36. The molecule has 1 aromatic rings. The van der Waals surface area contributed by atoms with Crippen molar-refractivity contribution in [1.82, 2.24) is 10.2 Å². The van der Waals surface area contributed by atoms with E-state index in [1.54, 1.807) is 24.3 Å². The molecule has 26 heavy (non-hydrogen) atoms. The van der Waals surface area contributed by atoms with Crippen molar-refractivity contribution in [2.75, 3.05) is 26.2 Å². The van der Waals surface area contributed by atoms with Crippen LogP contribution in [0.1, 0.15) is 44.0 Å². The molecule has 0 saturated heterocycles. The van der Waals surface area contributed by atoms with Crippen molar-refractivity contribution in [2.24, 2.45) is 0 Å². The SMILES string of the molecule is C=C/C=C(\C=C/C)NC(=O)c1ccc(OCCCN(CC)CCC)cc1. The van der Waals surface area contributed by atoms with Gasteiger partial charge in [0.1, 0.15) is 5.75 Å². The number of ether oxygens (including phenoxy) is 1. The van der Waals surface area contributed by atoms with E-state index in [1.165, 1.54) is 6.42 Å². The fourth-order valence-electron chi connectivity index (χ4n) is 2.57. The third-order valence-electron chi connectivity index (χ3n) is 3.89. The lowest BCUT2D eigenvalue weighted by Crippen LogP contribution is -2.26. The number of allylic oxidation sites excluding steroid dienone is 4. The Morgan fingerprint density at radius 3 is 2.54 bits per heavy atom. The molecule has 1 N–H and O–H groups in total. The highest BCUT2D eigenvalue weighted by Crippen LogP contribution is 2.13. The Bertz CT molecular complexity index is 603. The van der Waals surface area contributed by atoms with E-state index in [0.29, 0.717) is 17.9 Å². The maximum atomic E-state index is 12.3. The molecule has 0 radical (unpaired) electrons. The second-order valence-corrected chi connectivity index (χ2v) is 5.97. The van der Waals surface area contributed by atoms with Gasteiger partial charge >= 0.3 is 0 Å². The Morgan fingerprint density at radius 1 is 1.23 bits per heavy atom. The van der Waals surface area contributed by atoms with Crippen molar-refractivity contribution in [1.29, 1.82) is 0 Å². The minimum atomic E-state index is -0.152. The van der Waals surface area contributed by atoms with E-state index in [0.717, 1.165) is 31.8 Å². The van der Waals surface area contributed by atoms with Crippen LogP contribution in [0.3, 0.4) is 0 Å². The van der Waals surface area contributed by atoms with Crippen LogP contribution < -0.4 is 10.1 Å². The van der Waals surface area contributed by atoms with Gasteiger partial charge in [-0.15, -0.1) is 0 Å². The van der Waals surface area contributed by atoms with Crippen molar-refractivity contribution in [3.05, 3.63) is 66.4 Å². The van der Waals surface area contributed by atoms with Crippen LogP contribution in [0.15, 0.2) is 60.8 Å². The van der Waals surface area contributed by atoms with Crippen LogP contribution in [-0.4, -0.2) is 37.0 Å². The maximum absolute atomic E-state index is 12.3. The highest BCUT2D eigenvalue weighted by molar-refractivity contribution is 5.95. The fourth-order valence-corrected chi connectivity index (χ4v) is 2.57. The van der Waals surface area contributed by atoms with Gasteiger partial charge in [0.05, 0.1) is 6.61 Å². The molecule has 1 aromatic carbocycles. The molecule has 1 rings (SSSR count). The van der Waals surface area contributed by atoms with Crippen molar-refractivity contribution < 1.29 is 9.53 Å². The first-order valence-corrected chi connectivity index (χ1v) is 9.36. The Hall–Kier alpha value is -2.33. The van der Waals surface area contributed by atoms with Crippen LogP contribution in [0.4, 0.5) is 0 Å². The molecule has 4 nitrogen and oxygen atoms in total. The molecule has 0 aromatic heterocycles. The molecule has 0 fully saturated rings. The summed E-state index contributed by atoms with van der Waals surface area (Å²) < 4.78 is 5.78. The highest BCUT2D eigenvalue weighted by Gasteiger charge is 2.07. The molecular weight excluding hydrogens is 324 g/mol. The van der Waals surface area contributed by atoms with Gasteiger partial charge in [0.2, 0.25) is 0 Å². The van der Waals surface area contributed by atoms with E-state index in [1.807, 2.05) is 31.2 Å². The predicted molar refractivity (Wildman–Crippen MR) is 110 cm³/mol. The lowest BCUT2D eigenvalue weighted by atomic mass is 10.2. The number of benzene rings is 1. The molecule has 1 amide bonds. The Morgan fingerprint density at radius 2 is 1.96 bits per heavy atom. The summed E-state index contributed by atoms with van der Waals surface area (Å²) in [6, 6.07) is 7.23. The fraction of sp³-hybridized carbons (Fsp3) is 0.409. The maximum Gasteiger partial charge on any atom is 0.255 e. The van der Waals surface area contributed by atoms with Crippen LogP contribution in [0, 0.1) is 0 Å². The van der Waals surface area contributed by atoms with Gasteiger partial charge in [0.25, 0.3) is 5.91 Å². The first kappa shape index (κ1) is 21.7. The predicted octanol–water partition coefficient (Wildman–Crippen LogP) is 4.56. The molecular formula is C22H32N2O2. The van der Waals surface area contributed by atoms with E-state index in [9.17, 15) is 4.79 Å². The van der Waals surface area contributed by atoms with Crippen LogP contribution in [0.5, 0.6) is 5.75 Å². The number of carbonyl (C=O) groups is 1. The summed E-state index contributed by atoms with van der Waals surface area (Å²) in [6.07, 6.45) is 9.27. The average molecular weight is 357 g/mol. The van der Waals surface area contributed by atoms with Crippen LogP contribution in [0.25, 0.3) is 0 Å². The van der Waals surface area contributed by atoms with Crippen molar-refractivity contribution in [3.63, 3.8) is 0 Å². The summed E-state index contributed by atoms with van der Waals surface area (Å²) in [5, 5.41) is 2.86. The first-order chi connectivity index (χ1) is 12.6. The number of nitrogens with one attached hydrogen (secondary N) is 1. The monoisotopic (exact) mass is 356 g/mol. The van der Waals surface area contributed by atoms with Gasteiger partial charge < -0.3 is 15.0 Å². The average Bonchev–Trinajstić information content (AvgIpc) is 2.65. The van der Waals surface area contributed by atoms with Crippen LogP contribution in [0.2, 0.25) is 0 Å². The molecule has 0 bridgehead atoms. The number of hydrogen-bond acceptors (Lipinski definition) is 3. The minimum absolute atomic E-state index is 0.152. The van der Waals surface area contributed by atoms with E-state index in [4.69, 9.17) is 4.74 Å². The zero-order valence-corrected chi connectivity index (χ0v) is 16.3. The van der Waals surface area contributed by atoms with E-state index >= 15 is 0 Å². The van der Waals surface area contributed by atoms with E-state index < -0.39 is 0 Å². The number of amides is 1. The summed E-state index contributed by atoms with van der Waals surface area (Å²) in [7, 11) is 0. The van der Waals surface area contributed by atoms with Crippen molar-refractivity contribution >= 4 is 5.91 Å². The zero-order chi connectivity index (χ0) is 19.2. The number of rotatable bonds is 12. The third-order valence-corrected chi connectivity index (χ3v) is 3.89. The lowest BCUT2D eigenvalue weighted by Gasteiger charge is -2.19. The summed E-state index contributed by atoms with van der Waals surface area (Å²) in [4.78, 5) is 14.7. The quantitative estimate of drug-likeness (QED) is 0.441.